The van der Waals surface area contributed by atoms with E-state index < -0.39 is 10.8 Å². The first-order valence-corrected chi connectivity index (χ1v) is 8.97. The van der Waals surface area contributed by atoms with E-state index in [0.29, 0.717) is 5.75 Å². The highest BCUT2D eigenvalue weighted by Gasteiger charge is 2.16. The minimum absolute atomic E-state index is 0.0928. The van der Waals surface area contributed by atoms with Crippen molar-refractivity contribution in [3.05, 3.63) is 39.9 Å². The SMILES string of the molecule is CCCC(NC(C)CCS(C)=O)c1cccc([N+](=O)[O-])c1. The molecule has 1 rings (SSSR count). The van der Waals surface area contributed by atoms with E-state index in [0.717, 1.165) is 24.8 Å². The minimum atomic E-state index is -0.788. The summed E-state index contributed by atoms with van der Waals surface area (Å²) in [7, 11) is -0.788. The van der Waals surface area contributed by atoms with E-state index in [9.17, 15) is 14.3 Å². The molecule has 0 saturated carbocycles. The van der Waals surface area contributed by atoms with E-state index >= 15 is 0 Å². The Labute approximate surface area is 128 Å². The predicted octanol–water partition coefficient (Wildman–Crippen LogP) is 3.18. The molecule has 0 aliphatic heterocycles. The fourth-order valence-electron chi connectivity index (χ4n) is 2.26. The van der Waals surface area contributed by atoms with Crippen molar-refractivity contribution in [3.63, 3.8) is 0 Å². The first-order chi connectivity index (χ1) is 9.93. The highest BCUT2D eigenvalue weighted by molar-refractivity contribution is 7.84. The van der Waals surface area contributed by atoms with Crippen molar-refractivity contribution in [3.8, 4) is 0 Å². The zero-order valence-corrected chi connectivity index (χ0v) is 13.7. The van der Waals surface area contributed by atoms with Crippen LogP contribution in [0, 0.1) is 10.1 Å². The molecule has 118 valence electrons. The quantitative estimate of drug-likeness (QED) is 0.561. The van der Waals surface area contributed by atoms with Gasteiger partial charge < -0.3 is 5.32 Å². The van der Waals surface area contributed by atoms with E-state index in [2.05, 4.69) is 19.2 Å². The molecule has 6 heteroatoms. The monoisotopic (exact) mass is 312 g/mol. The molecule has 0 radical (unpaired) electrons. The molecule has 1 N–H and O–H groups in total. The molecular weight excluding hydrogens is 288 g/mol. The number of benzene rings is 1. The maximum absolute atomic E-state index is 11.2. The highest BCUT2D eigenvalue weighted by Crippen LogP contribution is 2.23. The largest absolute Gasteiger partial charge is 0.307 e. The van der Waals surface area contributed by atoms with Crippen molar-refractivity contribution >= 4 is 16.5 Å². The van der Waals surface area contributed by atoms with Gasteiger partial charge in [-0.25, -0.2) is 0 Å². The Morgan fingerprint density at radius 3 is 2.67 bits per heavy atom. The average molecular weight is 312 g/mol. The Balaban J connectivity index is 2.78. The number of hydrogen-bond acceptors (Lipinski definition) is 4. The van der Waals surface area contributed by atoms with Crippen LogP contribution in [0.4, 0.5) is 5.69 Å². The number of nitrogens with zero attached hydrogens (tertiary/aromatic N) is 1. The smallest absolute Gasteiger partial charge is 0.269 e. The Bertz CT molecular complexity index is 494. The normalized spacial score (nSPS) is 15.4. The molecule has 3 unspecified atom stereocenters. The van der Waals surface area contributed by atoms with E-state index in [1.807, 2.05) is 6.07 Å². The molecule has 0 aromatic heterocycles. The lowest BCUT2D eigenvalue weighted by atomic mass is 10.0. The Morgan fingerprint density at radius 1 is 1.38 bits per heavy atom. The van der Waals surface area contributed by atoms with Crippen LogP contribution in [-0.2, 0) is 10.8 Å². The number of nitro groups is 1. The van der Waals surface area contributed by atoms with Crippen LogP contribution in [0.15, 0.2) is 24.3 Å². The number of non-ortho nitro benzene ring substituents is 1. The lowest BCUT2D eigenvalue weighted by Crippen LogP contribution is -2.31. The summed E-state index contributed by atoms with van der Waals surface area (Å²) in [6.07, 6.45) is 4.45. The van der Waals surface area contributed by atoms with Gasteiger partial charge in [0.05, 0.1) is 4.92 Å². The fraction of sp³-hybridized carbons (Fsp3) is 0.600. The summed E-state index contributed by atoms with van der Waals surface area (Å²) in [4.78, 5) is 10.5. The van der Waals surface area contributed by atoms with Gasteiger partial charge >= 0.3 is 0 Å². The van der Waals surface area contributed by atoms with Crippen LogP contribution in [0.5, 0.6) is 0 Å². The standard InChI is InChI=1S/C15H24N2O3S/c1-4-6-15(16-12(2)9-10-21(3)20)13-7-5-8-14(11-13)17(18)19/h5,7-8,11-12,15-16H,4,6,9-10H2,1-3H3. The molecule has 3 atom stereocenters. The molecule has 0 aliphatic carbocycles. The molecule has 0 aliphatic rings. The van der Waals surface area contributed by atoms with Crippen LogP contribution in [0.1, 0.15) is 44.7 Å². The van der Waals surface area contributed by atoms with Crippen molar-refractivity contribution in [1.82, 2.24) is 5.32 Å². The van der Waals surface area contributed by atoms with Gasteiger partial charge in [-0.05, 0) is 25.3 Å². The molecule has 0 saturated heterocycles. The maximum Gasteiger partial charge on any atom is 0.269 e. The van der Waals surface area contributed by atoms with Crippen LogP contribution in [0.2, 0.25) is 0 Å². The summed E-state index contributed by atoms with van der Waals surface area (Å²) >= 11 is 0. The third-order valence-corrected chi connectivity index (χ3v) is 4.20. The topological polar surface area (TPSA) is 72.2 Å². The van der Waals surface area contributed by atoms with Gasteiger partial charge in [0.15, 0.2) is 0 Å². The van der Waals surface area contributed by atoms with Crippen LogP contribution in [-0.4, -0.2) is 27.2 Å². The Kier molecular flexibility index (Phi) is 7.53. The number of rotatable bonds is 9. The Hall–Kier alpha value is -1.27. The zero-order valence-electron chi connectivity index (χ0n) is 12.9. The molecule has 0 spiro atoms. The molecule has 5 nitrogen and oxygen atoms in total. The van der Waals surface area contributed by atoms with Gasteiger partial charge in [-0.2, -0.15) is 0 Å². The summed E-state index contributed by atoms with van der Waals surface area (Å²) in [6.45, 7) is 4.16. The van der Waals surface area contributed by atoms with Crippen LogP contribution in [0.3, 0.4) is 0 Å². The molecule has 1 aromatic rings. The van der Waals surface area contributed by atoms with E-state index in [4.69, 9.17) is 0 Å². The first kappa shape index (κ1) is 17.8. The third kappa shape index (κ3) is 6.35. The molecule has 0 fully saturated rings. The van der Waals surface area contributed by atoms with Crippen molar-refractivity contribution < 1.29 is 9.13 Å². The second kappa shape index (κ2) is 8.89. The van der Waals surface area contributed by atoms with Gasteiger partial charge in [0.1, 0.15) is 0 Å². The molecule has 0 heterocycles. The van der Waals surface area contributed by atoms with E-state index in [1.165, 1.54) is 6.07 Å². The minimum Gasteiger partial charge on any atom is -0.307 e. The van der Waals surface area contributed by atoms with E-state index in [-0.39, 0.29) is 22.7 Å². The van der Waals surface area contributed by atoms with Crippen molar-refractivity contribution in [2.24, 2.45) is 0 Å². The fourth-order valence-corrected chi connectivity index (χ4v) is 2.95. The lowest BCUT2D eigenvalue weighted by Gasteiger charge is -2.23. The number of nitrogens with one attached hydrogen (secondary N) is 1. The summed E-state index contributed by atoms with van der Waals surface area (Å²) in [5.41, 5.74) is 1.06. The third-order valence-electron chi connectivity index (χ3n) is 3.38. The predicted molar refractivity (Wildman–Crippen MR) is 86.9 cm³/mol. The maximum atomic E-state index is 11.2. The van der Waals surface area contributed by atoms with Gasteiger partial charge in [-0.3, -0.25) is 14.3 Å². The number of nitro benzene ring substituents is 1. The van der Waals surface area contributed by atoms with Gasteiger partial charge in [0.2, 0.25) is 0 Å². The van der Waals surface area contributed by atoms with Crippen LogP contribution < -0.4 is 5.32 Å². The van der Waals surface area contributed by atoms with Crippen molar-refractivity contribution in [2.75, 3.05) is 12.0 Å². The summed E-state index contributed by atoms with van der Waals surface area (Å²) < 4.78 is 11.2. The molecule has 0 bridgehead atoms. The molecule has 1 aromatic carbocycles. The van der Waals surface area contributed by atoms with E-state index in [1.54, 1.807) is 18.4 Å². The van der Waals surface area contributed by atoms with Crippen molar-refractivity contribution in [2.45, 2.75) is 45.2 Å². The average Bonchev–Trinajstić information content (AvgIpc) is 2.44. The second-order valence-electron chi connectivity index (χ2n) is 5.33. The highest BCUT2D eigenvalue weighted by atomic mass is 32.2. The molecular formula is C15H24N2O3S. The van der Waals surface area contributed by atoms with Gasteiger partial charge in [0.25, 0.3) is 5.69 Å². The summed E-state index contributed by atoms with van der Waals surface area (Å²) in [5.74, 6) is 0.669. The Morgan fingerprint density at radius 2 is 2.10 bits per heavy atom. The van der Waals surface area contributed by atoms with Crippen molar-refractivity contribution in [1.29, 1.82) is 0 Å². The number of hydrogen-bond donors (Lipinski definition) is 1. The van der Waals surface area contributed by atoms with Gasteiger partial charge in [-0.1, -0.05) is 25.5 Å². The lowest BCUT2D eigenvalue weighted by molar-refractivity contribution is -0.384. The summed E-state index contributed by atoms with van der Waals surface area (Å²) in [5, 5.41) is 14.4. The summed E-state index contributed by atoms with van der Waals surface area (Å²) in [6, 6.07) is 7.11. The molecule has 21 heavy (non-hydrogen) atoms. The second-order valence-corrected chi connectivity index (χ2v) is 6.88. The zero-order chi connectivity index (χ0) is 15.8. The van der Waals surface area contributed by atoms with Crippen LogP contribution in [0.25, 0.3) is 0 Å². The van der Waals surface area contributed by atoms with Gasteiger partial charge in [-0.15, -0.1) is 0 Å². The molecule has 0 amide bonds. The first-order valence-electron chi connectivity index (χ1n) is 7.24. The van der Waals surface area contributed by atoms with Crippen LogP contribution >= 0.6 is 0 Å². The van der Waals surface area contributed by atoms with Gasteiger partial charge in [0, 0.05) is 47.0 Å².